The molecule has 2 aromatic rings. The largest absolute Gasteiger partial charge is 0.508 e. The molecule has 6 heteroatoms. The number of carbonyl (C=O) groups excluding carboxylic acids is 1. The molecule has 0 unspecified atom stereocenters. The summed E-state index contributed by atoms with van der Waals surface area (Å²) >= 11 is 0. The fourth-order valence-electron chi connectivity index (χ4n) is 1.38. The number of pyridine rings is 1. The van der Waals surface area contributed by atoms with Crippen molar-refractivity contribution in [2.45, 2.75) is 0 Å². The first kappa shape index (κ1) is 12.6. The smallest absolute Gasteiger partial charge is 0.275 e. The number of aromatic hydroxyl groups is 2. The summed E-state index contributed by atoms with van der Waals surface area (Å²) in [5.41, 5.74) is 2.88. The summed E-state index contributed by atoms with van der Waals surface area (Å²) < 4.78 is 0. The number of benzene rings is 1. The van der Waals surface area contributed by atoms with Crippen LogP contribution in [0.2, 0.25) is 0 Å². The highest BCUT2D eigenvalue weighted by Gasteiger charge is 2.10. The van der Waals surface area contributed by atoms with Crippen LogP contribution in [0.25, 0.3) is 0 Å². The summed E-state index contributed by atoms with van der Waals surface area (Å²) in [6.07, 6.45) is 2.99. The Bertz CT molecular complexity index is 612. The first-order chi connectivity index (χ1) is 9.16. The Morgan fingerprint density at radius 2 is 2.11 bits per heavy atom. The summed E-state index contributed by atoms with van der Waals surface area (Å²) in [7, 11) is 0. The molecule has 0 bridgehead atoms. The zero-order chi connectivity index (χ0) is 13.7. The van der Waals surface area contributed by atoms with Gasteiger partial charge in [0.15, 0.2) is 0 Å². The van der Waals surface area contributed by atoms with E-state index >= 15 is 0 Å². The standard InChI is InChI=1S/C13H11N3O3/c17-10-4-5-11(12(18)7-10)13(19)16-15-8-9-3-1-2-6-14-9/h1-8,17-18H,(H,16,19)/b15-8+. The van der Waals surface area contributed by atoms with Gasteiger partial charge in [-0.2, -0.15) is 5.10 Å². The van der Waals surface area contributed by atoms with E-state index in [4.69, 9.17) is 5.11 Å². The summed E-state index contributed by atoms with van der Waals surface area (Å²) in [5, 5.41) is 22.3. The number of hydrogen-bond donors (Lipinski definition) is 3. The maximum Gasteiger partial charge on any atom is 0.275 e. The topological polar surface area (TPSA) is 94.8 Å². The van der Waals surface area contributed by atoms with Crippen LogP contribution in [0.3, 0.4) is 0 Å². The molecule has 0 aliphatic heterocycles. The van der Waals surface area contributed by atoms with Gasteiger partial charge in [-0.25, -0.2) is 5.43 Å². The molecule has 6 nitrogen and oxygen atoms in total. The molecule has 0 aliphatic carbocycles. The van der Waals surface area contributed by atoms with Crippen LogP contribution >= 0.6 is 0 Å². The van der Waals surface area contributed by atoms with Crippen LogP contribution < -0.4 is 5.43 Å². The van der Waals surface area contributed by atoms with E-state index in [9.17, 15) is 9.90 Å². The second kappa shape index (κ2) is 5.63. The van der Waals surface area contributed by atoms with Gasteiger partial charge < -0.3 is 10.2 Å². The fourth-order valence-corrected chi connectivity index (χ4v) is 1.38. The van der Waals surface area contributed by atoms with Gasteiger partial charge in [-0.3, -0.25) is 9.78 Å². The van der Waals surface area contributed by atoms with Crippen LogP contribution in [-0.2, 0) is 0 Å². The third kappa shape index (κ3) is 3.29. The molecule has 0 spiro atoms. The Morgan fingerprint density at radius 1 is 1.26 bits per heavy atom. The highest BCUT2D eigenvalue weighted by Crippen LogP contribution is 2.22. The Labute approximate surface area is 109 Å². The van der Waals surface area contributed by atoms with E-state index < -0.39 is 5.91 Å². The molecule has 0 saturated carbocycles. The number of carbonyl (C=O) groups is 1. The molecule has 0 radical (unpaired) electrons. The van der Waals surface area contributed by atoms with Gasteiger partial charge in [0.1, 0.15) is 11.5 Å². The van der Waals surface area contributed by atoms with Crippen molar-refractivity contribution in [3.8, 4) is 11.5 Å². The van der Waals surface area contributed by atoms with Crippen molar-refractivity contribution in [3.05, 3.63) is 53.9 Å². The van der Waals surface area contributed by atoms with E-state index in [1.54, 1.807) is 24.4 Å². The SMILES string of the molecule is O=C(N/N=C/c1ccccn1)c1ccc(O)cc1O. The normalized spacial score (nSPS) is 10.5. The lowest BCUT2D eigenvalue weighted by Gasteiger charge is -2.02. The van der Waals surface area contributed by atoms with Crippen LogP contribution in [0.5, 0.6) is 11.5 Å². The van der Waals surface area contributed by atoms with E-state index in [0.717, 1.165) is 6.07 Å². The van der Waals surface area contributed by atoms with Crippen LogP contribution in [0, 0.1) is 0 Å². The molecular formula is C13H11N3O3. The molecule has 1 aromatic carbocycles. The average molecular weight is 257 g/mol. The minimum absolute atomic E-state index is 0.0240. The van der Waals surface area contributed by atoms with Gasteiger partial charge in [-0.1, -0.05) is 6.07 Å². The zero-order valence-electron chi connectivity index (χ0n) is 9.82. The Kier molecular flexibility index (Phi) is 3.72. The molecule has 96 valence electrons. The highest BCUT2D eigenvalue weighted by molar-refractivity contribution is 5.97. The van der Waals surface area contributed by atoms with E-state index in [1.165, 1.54) is 18.3 Å². The van der Waals surface area contributed by atoms with Crippen LogP contribution in [-0.4, -0.2) is 27.3 Å². The van der Waals surface area contributed by atoms with Crippen molar-refractivity contribution in [1.29, 1.82) is 0 Å². The van der Waals surface area contributed by atoms with E-state index in [-0.39, 0.29) is 17.1 Å². The quantitative estimate of drug-likeness (QED) is 0.569. The lowest BCUT2D eigenvalue weighted by Crippen LogP contribution is -2.17. The molecule has 1 heterocycles. The van der Waals surface area contributed by atoms with E-state index in [0.29, 0.717) is 5.69 Å². The Morgan fingerprint density at radius 3 is 2.79 bits per heavy atom. The minimum atomic E-state index is -0.579. The number of phenolic OH excluding ortho intramolecular Hbond substituents is 2. The maximum atomic E-state index is 11.7. The number of hydrogen-bond acceptors (Lipinski definition) is 5. The second-order valence-electron chi connectivity index (χ2n) is 3.66. The molecule has 0 atom stereocenters. The van der Waals surface area contributed by atoms with Crippen LogP contribution in [0.15, 0.2) is 47.7 Å². The molecule has 0 saturated heterocycles. The first-order valence-corrected chi connectivity index (χ1v) is 5.43. The average Bonchev–Trinajstić information content (AvgIpc) is 2.39. The van der Waals surface area contributed by atoms with Gasteiger partial charge in [0, 0.05) is 12.3 Å². The number of hydrazone groups is 1. The van der Waals surface area contributed by atoms with Gasteiger partial charge >= 0.3 is 0 Å². The second-order valence-corrected chi connectivity index (χ2v) is 3.66. The summed E-state index contributed by atoms with van der Waals surface area (Å²) in [6.45, 7) is 0. The van der Waals surface area contributed by atoms with Crippen molar-refractivity contribution in [3.63, 3.8) is 0 Å². The summed E-state index contributed by atoms with van der Waals surface area (Å²) in [4.78, 5) is 15.7. The lowest BCUT2D eigenvalue weighted by atomic mass is 10.2. The zero-order valence-corrected chi connectivity index (χ0v) is 9.82. The van der Waals surface area contributed by atoms with Crippen molar-refractivity contribution < 1.29 is 15.0 Å². The number of aromatic nitrogens is 1. The maximum absolute atomic E-state index is 11.7. The number of nitrogens with one attached hydrogen (secondary N) is 1. The van der Waals surface area contributed by atoms with Crippen LogP contribution in [0.4, 0.5) is 0 Å². The predicted molar refractivity (Wildman–Crippen MR) is 69.1 cm³/mol. The van der Waals surface area contributed by atoms with E-state index in [1.807, 2.05) is 0 Å². The van der Waals surface area contributed by atoms with Crippen molar-refractivity contribution in [2.24, 2.45) is 5.10 Å². The third-order valence-electron chi connectivity index (χ3n) is 2.28. The molecule has 0 aliphatic rings. The number of nitrogens with zero attached hydrogens (tertiary/aromatic N) is 2. The van der Waals surface area contributed by atoms with Crippen LogP contribution in [0.1, 0.15) is 16.1 Å². The molecule has 2 rings (SSSR count). The fraction of sp³-hybridized carbons (Fsp3) is 0. The van der Waals surface area contributed by atoms with Gasteiger partial charge in [0.2, 0.25) is 0 Å². The van der Waals surface area contributed by atoms with Gasteiger partial charge in [-0.15, -0.1) is 0 Å². The van der Waals surface area contributed by atoms with Gasteiger partial charge in [0.05, 0.1) is 17.5 Å². The molecular weight excluding hydrogens is 246 g/mol. The number of rotatable bonds is 3. The molecule has 1 aromatic heterocycles. The molecule has 1 amide bonds. The Balaban J connectivity index is 2.04. The molecule has 19 heavy (non-hydrogen) atoms. The predicted octanol–water partition coefficient (Wildman–Crippen LogP) is 1.26. The van der Waals surface area contributed by atoms with E-state index in [2.05, 4.69) is 15.5 Å². The van der Waals surface area contributed by atoms with Crippen molar-refractivity contribution in [1.82, 2.24) is 10.4 Å². The minimum Gasteiger partial charge on any atom is -0.508 e. The number of phenols is 2. The third-order valence-corrected chi connectivity index (χ3v) is 2.28. The Hall–Kier alpha value is -2.89. The van der Waals surface area contributed by atoms with Gasteiger partial charge in [0.25, 0.3) is 5.91 Å². The molecule has 3 N–H and O–H groups in total. The van der Waals surface area contributed by atoms with Crippen molar-refractivity contribution in [2.75, 3.05) is 0 Å². The summed E-state index contributed by atoms with van der Waals surface area (Å²) in [5.74, 6) is -1.01. The van der Waals surface area contributed by atoms with Crippen molar-refractivity contribution >= 4 is 12.1 Å². The van der Waals surface area contributed by atoms with Gasteiger partial charge in [-0.05, 0) is 24.3 Å². The summed E-state index contributed by atoms with van der Waals surface area (Å²) in [6, 6.07) is 8.98. The monoisotopic (exact) mass is 257 g/mol. The highest BCUT2D eigenvalue weighted by atomic mass is 16.3. The first-order valence-electron chi connectivity index (χ1n) is 5.43. The lowest BCUT2D eigenvalue weighted by molar-refractivity contribution is 0.0952. The molecule has 0 fully saturated rings. The number of amides is 1.